The fourth-order valence-corrected chi connectivity index (χ4v) is 5.17. The number of hydrogen-bond acceptors (Lipinski definition) is 9. The predicted octanol–water partition coefficient (Wildman–Crippen LogP) is -0.960. The van der Waals surface area contributed by atoms with E-state index < -0.39 is 23.5 Å². The molecule has 0 spiro atoms. The first kappa shape index (κ1) is 19.6. The number of nitrogens with two attached hydrogens (primary N) is 2. The van der Waals surface area contributed by atoms with Crippen LogP contribution in [0.2, 0.25) is 0 Å². The minimum atomic E-state index is -1.07. The Morgan fingerprint density at radius 3 is 2.55 bits per heavy atom. The summed E-state index contributed by atoms with van der Waals surface area (Å²) < 4.78 is 11.0. The summed E-state index contributed by atoms with van der Waals surface area (Å²) in [5, 5.41) is 0. The van der Waals surface area contributed by atoms with E-state index in [-0.39, 0.29) is 52.8 Å². The molecule has 1 aliphatic carbocycles. The van der Waals surface area contributed by atoms with Crippen LogP contribution in [0.15, 0.2) is 22.5 Å². The molecule has 2 fully saturated rings. The maximum absolute atomic E-state index is 13.0. The molecule has 1 unspecified atom stereocenters. The van der Waals surface area contributed by atoms with Crippen LogP contribution >= 0.6 is 0 Å². The van der Waals surface area contributed by atoms with Crippen molar-refractivity contribution in [3.05, 3.63) is 22.5 Å². The van der Waals surface area contributed by atoms with Crippen molar-refractivity contribution in [1.29, 1.82) is 0 Å². The number of nitrogens with zero attached hydrogens (tertiary/aromatic N) is 2. The van der Waals surface area contributed by atoms with Gasteiger partial charge in [0.1, 0.15) is 12.4 Å². The molecule has 10 nitrogen and oxygen atoms in total. The molecule has 4 N–H and O–H groups in total. The number of methoxy groups -OCH3 is 1. The molecule has 0 radical (unpaired) electrons. The number of fused-ring (bicyclic) bond motifs is 4. The summed E-state index contributed by atoms with van der Waals surface area (Å²) in [7, 11) is 1.51. The molecule has 4 aliphatic rings. The topological polar surface area (TPSA) is 145 Å². The molecule has 4 rings (SSSR count). The van der Waals surface area contributed by atoms with Crippen molar-refractivity contribution in [2.45, 2.75) is 38.1 Å². The van der Waals surface area contributed by atoms with Crippen LogP contribution < -0.4 is 11.5 Å². The van der Waals surface area contributed by atoms with E-state index in [0.717, 1.165) is 0 Å². The third-order valence-corrected chi connectivity index (χ3v) is 6.54. The molecular weight excluding hydrogens is 380 g/mol. The zero-order valence-electron chi connectivity index (χ0n) is 16.6. The summed E-state index contributed by atoms with van der Waals surface area (Å²) in [5.41, 5.74) is 10.6. The first-order valence-corrected chi connectivity index (χ1v) is 9.46. The highest BCUT2D eigenvalue weighted by molar-refractivity contribution is 6.25. The van der Waals surface area contributed by atoms with Crippen LogP contribution in [0, 0.1) is 5.92 Å². The van der Waals surface area contributed by atoms with Crippen molar-refractivity contribution >= 4 is 23.4 Å². The van der Waals surface area contributed by atoms with Crippen LogP contribution in [0.3, 0.4) is 0 Å². The van der Waals surface area contributed by atoms with Crippen LogP contribution in [0.1, 0.15) is 20.3 Å². The van der Waals surface area contributed by atoms with E-state index in [4.69, 9.17) is 20.9 Å². The number of hydrogen-bond donors (Lipinski definition) is 2. The molecule has 0 bridgehead atoms. The van der Waals surface area contributed by atoms with Crippen molar-refractivity contribution in [2.24, 2.45) is 17.4 Å². The third-order valence-electron chi connectivity index (χ3n) is 6.54. The Labute approximate surface area is 167 Å². The van der Waals surface area contributed by atoms with E-state index in [1.807, 2.05) is 4.90 Å². The summed E-state index contributed by atoms with van der Waals surface area (Å²) >= 11 is 0. The Balaban J connectivity index is 1.75. The van der Waals surface area contributed by atoms with Crippen LogP contribution in [0.25, 0.3) is 0 Å². The summed E-state index contributed by atoms with van der Waals surface area (Å²) in [6, 6.07) is -0.0769. The number of allylic oxidation sites excluding steroid dienone is 2. The second-order valence-electron chi connectivity index (χ2n) is 7.91. The second-order valence-corrected chi connectivity index (χ2v) is 7.91. The average molecular weight is 404 g/mol. The molecule has 0 aromatic carbocycles. The molecule has 29 heavy (non-hydrogen) atoms. The van der Waals surface area contributed by atoms with E-state index in [9.17, 15) is 19.2 Å². The summed E-state index contributed by atoms with van der Waals surface area (Å²) in [5.74, 6) is -1.42. The highest BCUT2D eigenvalue weighted by Crippen LogP contribution is 2.59. The van der Waals surface area contributed by atoms with Crippen LogP contribution in [-0.2, 0) is 23.9 Å². The molecule has 5 atom stereocenters. The number of ketones is 3. The van der Waals surface area contributed by atoms with Gasteiger partial charge in [-0.25, -0.2) is 4.79 Å². The zero-order valence-corrected chi connectivity index (χ0v) is 16.6. The molecular formula is C19H24N4O6. The summed E-state index contributed by atoms with van der Waals surface area (Å²) in [6.45, 7) is 3.86. The van der Waals surface area contributed by atoms with Gasteiger partial charge in [0.15, 0.2) is 5.72 Å². The fraction of sp³-hybridized carbons (Fsp3) is 0.579. The maximum Gasteiger partial charge on any atom is 0.404 e. The number of carbonyl (C=O) groups is 4. The number of Topliss-reactive ketones (excluding diaryl/α,β-unsaturated/α-hetero) is 3. The number of primary amides is 1. The van der Waals surface area contributed by atoms with Gasteiger partial charge in [-0.05, 0) is 13.8 Å². The maximum atomic E-state index is 13.0. The number of piperazine rings is 1. The minimum absolute atomic E-state index is 0.0749. The Kier molecular flexibility index (Phi) is 4.32. The van der Waals surface area contributed by atoms with Crippen LogP contribution in [0.4, 0.5) is 4.79 Å². The smallest absolute Gasteiger partial charge is 0.404 e. The number of carbonyl (C=O) groups excluding carboxylic acids is 4. The van der Waals surface area contributed by atoms with Gasteiger partial charge in [0.05, 0.1) is 23.4 Å². The summed E-state index contributed by atoms with van der Waals surface area (Å²) in [4.78, 5) is 52.7. The van der Waals surface area contributed by atoms with E-state index in [2.05, 4.69) is 4.90 Å². The van der Waals surface area contributed by atoms with Gasteiger partial charge in [-0.1, -0.05) is 0 Å². The molecule has 3 aliphatic heterocycles. The molecule has 156 valence electrons. The third kappa shape index (κ3) is 2.48. The second kappa shape index (κ2) is 6.39. The minimum Gasteiger partial charge on any atom is -0.449 e. The summed E-state index contributed by atoms with van der Waals surface area (Å²) in [6.07, 6.45) is -0.585. The highest BCUT2D eigenvalue weighted by Gasteiger charge is 2.76. The molecule has 0 aromatic heterocycles. The standard InChI is InChI=1S/C19H24N4O6/c1-8(24)4-5-22-11-6-23-14-12(16(26)13(20)9(2)15(14)25)10(7-29-18(21)27)19(23,28-3)17(11)22/h10-11,17H,4-7,20H2,1-3H3,(H2,21,27)/t10-,11+,17+,19-,22?/m1/s1. The zero-order chi connectivity index (χ0) is 21.2. The van der Waals surface area contributed by atoms with Crippen molar-refractivity contribution in [3.8, 4) is 0 Å². The SMILES string of the molecule is CO[C@@]12[C@H](COC(N)=O)C3=C(C(=O)C(C)=C(N)C3=O)N1C[C@H]1[C@@H]2N1CCC(C)=O. The van der Waals surface area contributed by atoms with Gasteiger partial charge >= 0.3 is 6.09 Å². The van der Waals surface area contributed by atoms with Gasteiger partial charge in [-0.3, -0.25) is 19.3 Å². The van der Waals surface area contributed by atoms with Crippen LogP contribution in [0.5, 0.6) is 0 Å². The Morgan fingerprint density at radius 1 is 1.28 bits per heavy atom. The molecule has 1 amide bonds. The highest BCUT2D eigenvalue weighted by atomic mass is 16.6. The average Bonchev–Trinajstić information content (AvgIpc) is 3.12. The molecule has 0 aromatic rings. The Bertz CT molecular complexity index is 908. The quantitative estimate of drug-likeness (QED) is 0.422. The van der Waals surface area contributed by atoms with Crippen LogP contribution in [-0.4, -0.2) is 77.9 Å². The lowest BCUT2D eigenvalue weighted by atomic mass is 9.82. The first-order chi connectivity index (χ1) is 13.7. The number of amides is 1. The molecule has 2 saturated heterocycles. The van der Waals surface area contributed by atoms with E-state index in [1.165, 1.54) is 21.0 Å². The molecule has 10 heteroatoms. The molecule has 0 saturated carbocycles. The van der Waals surface area contributed by atoms with Gasteiger partial charge < -0.3 is 25.8 Å². The normalized spacial score (nSPS) is 34.9. The largest absolute Gasteiger partial charge is 0.449 e. The van der Waals surface area contributed by atoms with E-state index in [0.29, 0.717) is 19.5 Å². The molecule has 3 heterocycles. The lowest BCUT2D eigenvalue weighted by Crippen LogP contribution is -2.55. The van der Waals surface area contributed by atoms with E-state index >= 15 is 0 Å². The van der Waals surface area contributed by atoms with Gasteiger partial charge in [-0.15, -0.1) is 0 Å². The number of rotatable bonds is 6. The first-order valence-electron chi connectivity index (χ1n) is 9.46. The van der Waals surface area contributed by atoms with Crippen molar-refractivity contribution in [3.63, 3.8) is 0 Å². The van der Waals surface area contributed by atoms with Gasteiger partial charge in [0.2, 0.25) is 11.6 Å². The predicted molar refractivity (Wildman–Crippen MR) is 99.0 cm³/mol. The number of ether oxygens (including phenoxy) is 2. The Hall–Kier alpha value is -2.72. The van der Waals surface area contributed by atoms with Crippen molar-refractivity contribution < 1.29 is 28.7 Å². The lowest BCUT2D eigenvalue weighted by Gasteiger charge is -2.41. The van der Waals surface area contributed by atoms with Crippen molar-refractivity contribution in [1.82, 2.24) is 9.80 Å². The van der Waals surface area contributed by atoms with Gasteiger partial charge in [-0.2, -0.15) is 0 Å². The fourth-order valence-electron chi connectivity index (χ4n) is 5.17. The van der Waals surface area contributed by atoms with Crippen molar-refractivity contribution in [2.75, 3.05) is 26.8 Å². The van der Waals surface area contributed by atoms with Gasteiger partial charge in [0, 0.05) is 43.8 Å². The monoisotopic (exact) mass is 404 g/mol. The van der Waals surface area contributed by atoms with Gasteiger partial charge in [0.25, 0.3) is 0 Å². The lowest BCUT2D eigenvalue weighted by molar-refractivity contribution is -0.145. The van der Waals surface area contributed by atoms with E-state index in [1.54, 1.807) is 0 Å². The Morgan fingerprint density at radius 2 is 1.97 bits per heavy atom.